The van der Waals surface area contributed by atoms with Crippen molar-refractivity contribution in [2.24, 2.45) is 0 Å². The lowest BCUT2D eigenvalue weighted by molar-refractivity contribution is 0.644. The third-order valence-electron chi connectivity index (χ3n) is 2.34. The number of hydrogen-bond acceptors (Lipinski definition) is 2. The number of hydrogen-bond donors (Lipinski definition) is 1. The van der Waals surface area contributed by atoms with Crippen LogP contribution in [0.4, 0.5) is 0 Å². The molecule has 1 aromatic carbocycles. The smallest absolute Gasteiger partial charge is 0.0358 e. The van der Waals surface area contributed by atoms with Crippen molar-refractivity contribution in [3.05, 3.63) is 46.9 Å². The van der Waals surface area contributed by atoms with E-state index in [1.165, 1.54) is 16.2 Å². The molecule has 1 atom stereocenters. The van der Waals surface area contributed by atoms with E-state index in [1.54, 1.807) is 0 Å². The first kappa shape index (κ1) is 13.3. The van der Waals surface area contributed by atoms with Crippen LogP contribution in [0.2, 0.25) is 0 Å². The van der Waals surface area contributed by atoms with E-state index in [1.807, 2.05) is 25.6 Å². The molecule has 1 aliphatic rings. The van der Waals surface area contributed by atoms with Gasteiger partial charge in [-0.25, -0.2) is 0 Å². The number of benzene rings is 1. The molecule has 16 heavy (non-hydrogen) atoms. The summed E-state index contributed by atoms with van der Waals surface area (Å²) >= 11 is 1.94. The van der Waals surface area contributed by atoms with Crippen LogP contribution in [0.5, 0.6) is 0 Å². The third-order valence-corrected chi connectivity index (χ3v) is 3.45. The molecule has 1 aliphatic heterocycles. The van der Waals surface area contributed by atoms with Crippen LogP contribution in [-0.4, -0.2) is 11.8 Å². The minimum atomic E-state index is 0.556. The summed E-state index contributed by atoms with van der Waals surface area (Å²) in [4.78, 5) is 1.44. The van der Waals surface area contributed by atoms with Gasteiger partial charge in [-0.1, -0.05) is 50.3 Å². The number of rotatable bonds is 3. The molecule has 0 radical (unpaired) electrons. The second kappa shape index (κ2) is 7.53. The Morgan fingerprint density at radius 3 is 2.50 bits per heavy atom. The first-order valence-electron chi connectivity index (χ1n) is 5.93. The summed E-state index contributed by atoms with van der Waals surface area (Å²) in [5, 5.41) is 3.53. The molecule has 0 amide bonds. The second-order valence-corrected chi connectivity index (χ2v) is 4.83. The zero-order valence-electron chi connectivity index (χ0n) is 10.4. The Morgan fingerprint density at radius 2 is 1.94 bits per heavy atom. The second-order valence-electron chi connectivity index (χ2n) is 3.56. The van der Waals surface area contributed by atoms with Crippen LogP contribution in [0.1, 0.15) is 26.3 Å². The van der Waals surface area contributed by atoms with E-state index in [0.29, 0.717) is 6.04 Å². The van der Waals surface area contributed by atoms with E-state index in [4.69, 9.17) is 0 Å². The molecule has 0 saturated heterocycles. The first-order chi connectivity index (χ1) is 7.84. The van der Waals surface area contributed by atoms with Crippen molar-refractivity contribution in [3.63, 3.8) is 0 Å². The Hall–Kier alpha value is -0.730. The van der Waals surface area contributed by atoms with Gasteiger partial charge >= 0.3 is 0 Å². The van der Waals surface area contributed by atoms with Crippen LogP contribution < -0.4 is 5.32 Å². The van der Waals surface area contributed by atoms with Gasteiger partial charge in [0, 0.05) is 18.3 Å². The van der Waals surface area contributed by atoms with Gasteiger partial charge in [0.25, 0.3) is 0 Å². The van der Waals surface area contributed by atoms with E-state index in [2.05, 4.69) is 48.6 Å². The minimum Gasteiger partial charge on any atom is -0.306 e. The molecule has 2 heteroatoms. The zero-order valence-corrected chi connectivity index (χ0v) is 11.2. The van der Waals surface area contributed by atoms with Crippen molar-refractivity contribution in [1.82, 2.24) is 5.32 Å². The van der Waals surface area contributed by atoms with Gasteiger partial charge in [-0.3, -0.25) is 0 Å². The van der Waals surface area contributed by atoms with Crippen LogP contribution in [0.3, 0.4) is 0 Å². The molecule has 1 N–H and O–H groups in total. The van der Waals surface area contributed by atoms with Crippen molar-refractivity contribution < 1.29 is 0 Å². The molecule has 1 aromatic rings. The predicted octanol–water partition coefficient (Wildman–Crippen LogP) is 3.82. The van der Waals surface area contributed by atoms with E-state index < -0.39 is 0 Å². The lowest BCUT2D eigenvalue weighted by Crippen LogP contribution is -2.26. The highest BCUT2D eigenvalue weighted by Crippen LogP contribution is 2.23. The van der Waals surface area contributed by atoms with Gasteiger partial charge in [0.05, 0.1) is 0 Å². The van der Waals surface area contributed by atoms with E-state index >= 15 is 0 Å². The topological polar surface area (TPSA) is 12.0 Å². The average Bonchev–Trinajstić information content (AvgIpc) is 2.77. The maximum absolute atomic E-state index is 3.53. The molecule has 0 aliphatic carbocycles. The fraction of sp³-hybridized carbons (Fsp3) is 0.429. The molecule has 0 saturated carbocycles. The minimum absolute atomic E-state index is 0.556. The summed E-state index contributed by atoms with van der Waals surface area (Å²) in [6, 6.07) is 11.1. The van der Waals surface area contributed by atoms with Gasteiger partial charge in [0.1, 0.15) is 0 Å². The fourth-order valence-corrected chi connectivity index (χ4v) is 2.48. The summed E-state index contributed by atoms with van der Waals surface area (Å²) in [5.74, 6) is 1.18. The summed E-state index contributed by atoms with van der Waals surface area (Å²) in [6.07, 6.45) is 2.31. The Balaban J connectivity index is 0.000000606. The molecule has 0 bridgehead atoms. The molecular formula is C14H21NS. The monoisotopic (exact) mass is 235 g/mol. The zero-order chi connectivity index (χ0) is 11.8. The Morgan fingerprint density at radius 1 is 1.25 bits per heavy atom. The van der Waals surface area contributed by atoms with Crippen molar-refractivity contribution in [1.29, 1.82) is 0 Å². The first-order valence-corrected chi connectivity index (χ1v) is 6.92. The average molecular weight is 235 g/mol. The Bertz CT molecular complexity index is 319. The highest BCUT2D eigenvalue weighted by atomic mass is 32.2. The van der Waals surface area contributed by atoms with Gasteiger partial charge in [0.15, 0.2) is 0 Å². The van der Waals surface area contributed by atoms with E-state index in [0.717, 1.165) is 6.54 Å². The standard InChI is InChI=1S/C12H15NS.C2H6/c1-10-7-12(9-14-10)13-8-11-5-3-2-4-6-11;1-2/h2-7,12-13H,8-9H2,1H3;1-2H3. The number of thioether (sulfide) groups is 1. The summed E-state index contributed by atoms with van der Waals surface area (Å²) in [5.41, 5.74) is 1.36. The SMILES string of the molecule is CC.CC1=CC(NCc2ccccc2)CS1. The third kappa shape index (κ3) is 4.42. The maximum Gasteiger partial charge on any atom is 0.0358 e. The van der Waals surface area contributed by atoms with E-state index in [-0.39, 0.29) is 0 Å². The highest BCUT2D eigenvalue weighted by molar-refractivity contribution is 8.03. The molecule has 1 heterocycles. The molecule has 88 valence electrons. The maximum atomic E-state index is 3.53. The van der Waals surface area contributed by atoms with E-state index in [9.17, 15) is 0 Å². The quantitative estimate of drug-likeness (QED) is 0.854. The lowest BCUT2D eigenvalue weighted by atomic mass is 10.2. The van der Waals surface area contributed by atoms with Crippen LogP contribution >= 0.6 is 11.8 Å². The van der Waals surface area contributed by atoms with Gasteiger partial charge < -0.3 is 5.32 Å². The lowest BCUT2D eigenvalue weighted by Gasteiger charge is -2.09. The fourth-order valence-electron chi connectivity index (χ4n) is 1.56. The molecule has 0 fully saturated rings. The van der Waals surface area contributed by atoms with Crippen LogP contribution in [0, 0.1) is 0 Å². The van der Waals surface area contributed by atoms with Crippen molar-refractivity contribution in [2.75, 3.05) is 5.75 Å². The predicted molar refractivity (Wildman–Crippen MR) is 74.6 cm³/mol. The van der Waals surface area contributed by atoms with Crippen molar-refractivity contribution >= 4 is 11.8 Å². The largest absolute Gasteiger partial charge is 0.306 e. The molecular weight excluding hydrogens is 214 g/mol. The van der Waals surface area contributed by atoms with Gasteiger partial charge in [-0.2, -0.15) is 0 Å². The number of allylic oxidation sites excluding steroid dienone is 1. The van der Waals surface area contributed by atoms with Crippen LogP contribution in [-0.2, 0) is 6.54 Å². The highest BCUT2D eigenvalue weighted by Gasteiger charge is 2.12. The Kier molecular flexibility index (Phi) is 6.27. The summed E-state index contributed by atoms with van der Waals surface area (Å²) in [6.45, 7) is 7.14. The van der Waals surface area contributed by atoms with Crippen LogP contribution in [0.15, 0.2) is 41.3 Å². The normalized spacial score (nSPS) is 18.7. The molecule has 1 nitrogen and oxygen atoms in total. The van der Waals surface area contributed by atoms with Crippen LogP contribution in [0.25, 0.3) is 0 Å². The molecule has 0 spiro atoms. The number of nitrogens with one attached hydrogen (secondary N) is 1. The van der Waals surface area contributed by atoms with Gasteiger partial charge in [0.2, 0.25) is 0 Å². The van der Waals surface area contributed by atoms with Crippen molar-refractivity contribution in [2.45, 2.75) is 33.4 Å². The van der Waals surface area contributed by atoms with Gasteiger partial charge in [-0.05, 0) is 17.4 Å². The Labute approximate surface area is 103 Å². The summed E-state index contributed by atoms with van der Waals surface area (Å²) < 4.78 is 0. The van der Waals surface area contributed by atoms with Crippen molar-refractivity contribution in [3.8, 4) is 0 Å². The molecule has 2 rings (SSSR count). The molecule has 0 aromatic heterocycles. The van der Waals surface area contributed by atoms with Gasteiger partial charge in [-0.15, -0.1) is 11.8 Å². The molecule has 1 unspecified atom stereocenters. The summed E-state index contributed by atoms with van der Waals surface area (Å²) in [7, 11) is 0.